The molecule has 0 aliphatic heterocycles. The number of rotatable bonds is 3. The molecule has 3 aromatic rings. The number of pyridine rings is 1. The number of aryl methyl sites for hydroxylation is 1. The molecule has 1 atom stereocenters. The highest BCUT2D eigenvalue weighted by Crippen LogP contribution is 2.30. The average molecular weight is 334 g/mol. The van der Waals surface area contributed by atoms with Crippen molar-refractivity contribution in [3.8, 4) is 11.3 Å². The second-order valence-electron chi connectivity index (χ2n) is 6.20. The number of fused-ring (bicyclic) bond motifs is 1. The van der Waals surface area contributed by atoms with Crippen LogP contribution in [0.15, 0.2) is 64.0 Å². The van der Waals surface area contributed by atoms with Gasteiger partial charge in [-0.2, -0.15) is 0 Å². The lowest BCUT2D eigenvalue weighted by molar-refractivity contribution is 0.0930. The monoisotopic (exact) mass is 334 g/mol. The number of furan rings is 1. The van der Waals surface area contributed by atoms with Crippen LogP contribution in [0.25, 0.3) is 11.3 Å². The fourth-order valence-corrected chi connectivity index (χ4v) is 3.31. The molecule has 1 aromatic carbocycles. The molecule has 1 amide bonds. The predicted octanol–water partition coefficient (Wildman–Crippen LogP) is 3.44. The van der Waals surface area contributed by atoms with Gasteiger partial charge in [-0.3, -0.25) is 9.59 Å². The van der Waals surface area contributed by atoms with Crippen molar-refractivity contribution in [3.63, 3.8) is 0 Å². The van der Waals surface area contributed by atoms with Crippen molar-refractivity contribution in [1.82, 2.24) is 10.3 Å². The molecule has 2 aromatic heterocycles. The highest BCUT2D eigenvalue weighted by atomic mass is 16.3. The summed E-state index contributed by atoms with van der Waals surface area (Å²) in [5.74, 6) is 0.560. The highest BCUT2D eigenvalue weighted by molar-refractivity contribution is 5.94. The number of carbonyl (C=O) groups excluding carboxylic acids is 1. The largest absolute Gasteiger partial charge is 0.469 e. The van der Waals surface area contributed by atoms with Crippen LogP contribution < -0.4 is 10.9 Å². The first-order valence-corrected chi connectivity index (χ1v) is 8.38. The van der Waals surface area contributed by atoms with Gasteiger partial charge in [0, 0.05) is 17.7 Å². The lowest BCUT2D eigenvalue weighted by atomic mass is 9.93. The molecule has 5 heteroatoms. The Labute approximate surface area is 144 Å². The van der Waals surface area contributed by atoms with Crippen LogP contribution in [-0.2, 0) is 6.42 Å². The molecule has 0 fully saturated rings. The first-order chi connectivity index (χ1) is 12.2. The van der Waals surface area contributed by atoms with Crippen molar-refractivity contribution in [3.05, 3.63) is 82.0 Å². The molecule has 25 heavy (non-hydrogen) atoms. The Morgan fingerprint density at radius 2 is 1.96 bits per heavy atom. The highest BCUT2D eigenvalue weighted by Gasteiger charge is 2.25. The van der Waals surface area contributed by atoms with Crippen LogP contribution in [0.2, 0.25) is 0 Å². The van der Waals surface area contributed by atoms with E-state index in [0.29, 0.717) is 5.69 Å². The van der Waals surface area contributed by atoms with Crippen LogP contribution >= 0.6 is 0 Å². The Morgan fingerprint density at radius 3 is 2.76 bits per heavy atom. The molecular weight excluding hydrogens is 316 g/mol. The van der Waals surface area contributed by atoms with Crippen molar-refractivity contribution in [2.75, 3.05) is 0 Å². The molecule has 0 radical (unpaired) electrons. The lowest BCUT2D eigenvalue weighted by Crippen LogP contribution is -2.34. The van der Waals surface area contributed by atoms with Gasteiger partial charge in [-0.05, 0) is 36.6 Å². The van der Waals surface area contributed by atoms with Crippen molar-refractivity contribution in [2.45, 2.75) is 25.3 Å². The quantitative estimate of drug-likeness (QED) is 0.770. The normalized spacial score (nSPS) is 16.2. The number of carbonyl (C=O) groups is 1. The summed E-state index contributed by atoms with van der Waals surface area (Å²) in [6.45, 7) is 0. The van der Waals surface area contributed by atoms with Crippen LogP contribution in [0, 0.1) is 0 Å². The Hall–Kier alpha value is -3.08. The standard InChI is InChI=1S/C20H18N2O3/c23-19-15(9-10-16(21-19)13-5-2-1-3-6-13)20(24)22-17-7-4-8-18-14(17)11-12-25-18/h1-3,5-6,9-12,17H,4,7-8H2,(H,21,23)(H,22,24)/t17-/m1/s1. The van der Waals surface area contributed by atoms with E-state index >= 15 is 0 Å². The van der Waals surface area contributed by atoms with E-state index in [9.17, 15) is 9.59 Å². The summed E-state index contributed by atoms with van der Waals surface area (Å²) in [5.41, 5.74) is 2.34. The third kappa shape index (κ3) is 3.01. The zero-order valence-corrected chi connectivity index (χ0v) is 13.6. The summed E-state index contributed by atoms with van der Waals surface area (Å²) in [5, 5.41) is 2.96. The van der Waals surface area contributed by atoms with Crippen LogP contribution in [0.1, 0.15) is 40.6 Å². The molecule has 0 spiro atoms. The van der Waals surface area contributed by atoms with Gasteiger partial charge in [0.25, 0.3) is 11.5 Å². The van der Waals surface area contributed by atoms with Gasteiger partial charge in [0.2, 0.25) is 0 Å². The number of aromatic amines is 1. The zero-order valence-electron chi connectivity index (χ0n) is 13.6. The van der Waals surface area contributed by atoms with E-state index in [-0.39, 0.29) is 23.1 Å². The molecule has 1 aliphatic carbocycles. The molecule has 1 aliphatic rings. The van der Waals surface area contributed by atoms with Gasteiger partial charge in [-0.25, -0.2) is 0 Å². The average Bonchev–Trinajstić information content (AvgIpc) is 3.12. The molecule has 126 valence electrons. The SMILES string of the molecule is O=C(N[C@@H]1CCCc2occc21)c1ccc(-c2ccccc2)[nH]c1=O. The van der Waals surface area contributed by atoms with Crippen LogP contribution in [-0.4, -0.2) is 10.9 Å². The van der Waals surface area contributed by atoms with Crippen LogP contribution in [0.3, 0.4) is 0 Å². The van der Waals surface area contributed by atoms with E-state index in [1.54, 1.807) is 18.4 Å². The fourth-order valence-electron chi connectivity index (χ4n) is 3.31. The number of aromatic nitrogens is 1. The molecular formula is C20H18N2O3. The molecule has 0 saturated heterocycles. The van der Waals surface area contributed by atoms with Gasteiger partial charge >= 0.3 is 0 Å². The first-order valence-electron chi connectivity index (χ1n) is 8.38. The van der Waals surface area contributed by atoms with Crippen molar-refractivity contribution in [2.24, 2.45) is 0 Å². The summed E-state index contributed by atoms with van der Waals surface area (Å²) in [7, 11) is 0. The second kappa shape index (κ2) is 6.43. The molecule has 2 N–H and O–H groups in total. The maximum atomic E-state index is 12.6. The predicted molar refractivity (Wildman–Crippen MR) is 94.4 cm³/mol. The molecule has 2 heterocycles. The fraction of sp³-hybridized carbons (Fsp3) is 0.200. The molecule has 5 nitrogen and oxygen atoms in total. The van der Waals surface area contributed by atoms with Gasteiger partial charge in [0.05, 0.1) is 12.3 Å². The summed E-state index contributed by atoms with van der Waals surface area (Å²) >= 11 is 0. The first kappa shape index (κ1) is 15.4. The Balaban J connectivity index is 1.57. The number of benzene rings is 1. The minimum atomic E-state index is -0.387. The third-order valence-corrected chi connectivity index (χ3v) is 4.60. The summed E-state index contributed by atoms with van der Waals surface area (Å²) in [6.07, 6.45) is 4.34. The maximum absolute atomic E-state index is 12.6. The molecule has 0 bridgehead atoms. The van der Waals surface area contributed by atoms with Crippen molar-refractivity contribution in [1.29, 1.82) is 0 Å². The van der Waals surface area contributed by atoms with Gasteiger partial charge in [-0.1, -0.05) is 30.3 Å². The van der Waals surface area contributed by atoms with Crippen molar-refractivity contribution < 1.29 is 9.21 Å². The Kier molecular flexibility index (Phi) is 3.98. The lowest BCUT2D eigenvalue weighted by Gasteiger charge is -2.22. The van der Waals surface area contributed by atoms with Crippen molar-refractivity contribution >= 4 is 5.91 Å². The maximum Gasteiger partial charge on any atom is 0.261 e. The number of hydrogen-bond acceptors (Lipinski definition) is 3. The summed E-state index contributed by atoms with van der Waals surface area (Å²) < 4.78 is 5.44. The van der Waals surface area contributed by atoms with E-state index < -0.39 is 0 Å². The molecule has 0 saturated carbocycles. The molecule has 4 rings (SSSR count). The zero-order chi connectivity index (χ0) is 17.2. The Morgan fingerprint density at radius 1 is 1.12 bits per heavy atom. The van der Waals surface area contributed by atoms with E-state index in [1.165, 1.54) is 0 Å². The van der Waals surface area contributed by atoms with Gasteiger partial charge in [-0.15, -0.1) is 0 Å². The van der Waals surface area contributed by atoms with E-state index in [1.807, 2.05) is 36.4 Å². The second-order valence-corrected chi connectivity index (χ2v) is 6.20. The summed E-state index contributed by atoms with van der Waals surface area (Å²) in [6, 6.07) is 14.7. The van der Waals surface area contributed by atoms with E-state index in [4.69, 9.17) is 4.42 Å². The van der Waals surface area contributed by atoms with Crippen LogP contribution in [0.4, 0.5) is 0 Å². The minimum absolute atomic E-state index is 0.108. The van der Waals surface area contributed by atoms with Gasteiger partial charge in [0.1, 0.15) is 11.3 Å². The van der Waals surface area contributed by atoms with Gasteiger partial charge in [0.15, 0.2) is 0 Å². The van der Waals surface area contributed by atoms with Crippen LogP contribution in [0.5, 0.6) is 0 Å². The number of H-pyrrole nitrogens is 1. The minimum Gasteiger partial charge on any atom is -0.469 e. The van der Waals surface area contributed by atoms with E-state index in [0.717, 1.165) is 36.1 Å². The number of nitrogens with one attached hydrogen (secondary N) is 2. The van der Waals surface area contributed by atoms with E-state index in [2.05, 4.69) is 10.3 Å². The number of hydrogen-bond donors (Lipinski definition) is 2. The topological polar surface area (TPSA) is 75.1 Å². The smallest absolute Gasteiger partial charge is 0.261 e. The Bertz CT molecular complexity index is 956. The third-order valence-electron chi connectivity index (χ3n) is 4.60. The molecule has 0 unspecified atom stereocenters. The van der Waals surface area contributed by atoms with Gasteiger partial charge < -0.3 is 14.7 Å². The summed E-state index contributed by atoms with van der Waals surface area (Å²) in [4.78, 5) is 27.7. The number of amides is 1.